The van der Waals surface area contributed by atoms with Crippen molar-refractivity contribution in [3.05, 3.63) is 65.0 Å². The number of hydrazine groups is 1. The summed E-state index contributed by atoms with van der Waals surface area (Å²) in [5.41, 5.74) is 4.73. The Labute approximate surface area is 124 Å². The zero-order chi connectivity index (χ0) is 15.2. The van der Waals surface area contributed by atoms with Gasteiger partial charge in [0.2, 0.25) is 0 Å². The highest BCUT2D eigenvalue weighted by atomic mass is 19.1. The standard InChI is InChI=1S/C17H21FN2O/c1-3-11-21-14-9-7-13(8-10-14)17(20-19)15-6-4-5-12(2)16(15)18/h4-10,17,20H,3,11,19H2,1-2H3. The maximum absolute atomic E-state index is 14.2. The highest BCUT2D eigenvalue weighted by molar-refractivity contribution is 5.37. The first-order chi connectivity index (χ1) is 10.2. The molecular weight excluding hydrogens is 267 g/mol. The number of rotatable bonds is 6. The predicted octanol–water partition coefficient (Wildman–Crippen LogP) is 3.48. The molecule has 1 atom stereocenters. The molecule has 0 aromatic heterocycles. The number of ether oxygens (including phenoxy) is 1. The SMILES string of the molecule is CCCOc1ccc(C(NN)c2cccc(C)c2F)cc1. The average molecular weight is 288 g/mol. The minimum atomic E-state index is -0.384. The second-order valence-electron chi connectivity index (χ2n) is 5.00. The molecule has 2 rings (SSSR count). The quantitative estimate of drug-likeness (QED) is 0.632. The number of nitrogens with two attached hydrogens (primary N) is 1. The van der Waals surface area contributed by atoms with Crippen LogP contribution in [0.5, 0.6) is 5.75 Å². The molecule has 0 bridgehead atoms. The van der Waals surface area contributed by atoms with Crippen LogP contribution >= 0.6 is 0 Å². The lowest BCUT2D eigenvalue weighted by molar-refractivity contribution is 0.317. The summed E-state index contributed by atoms with van der Waals surface area (Å²) < 4.78 is 19.8. The summed E-state index contributed by atoms with van der Waals surface area (Å²) in [6.07, 6.45) is 0.962. The summed E-state index contributed by atoms with van der Waals surface area (Å²) in [4.78, 5) is 0. The molecule has 2 aromatic carbocycles. The molecule has 0 fully saturated rings. The lowest BCUT2D eigenvalue weighted by atomic mass is 9.97. The van der Waals surface area contributed by atoms with Gasteiger partial charge in [0.1, 0.15) is 11.6 Å². The van der Waals surface area contributed by atoms with Gasteiger partial charge in [-0.25, -0.2) is 9.82 Å². The van der Waals surface area contributed by atoms with Gasteiger partial charge in [-0.1, -0.05) is 37.3 Å². The molecule has 1 unspecified atom stereocenters. The zero-order valence-corrected chi connectivity index (χ0v) is 12.4. The third-order valence-electron chi connectivity index (χ3n) is 3.39. The van der Waals surface area contributed by atoms with Crippen LogP contribution in [0.25, 0.3) is 0 Å². The minimum Gasteiger partial charge on any atom is -0.494 e. The summed E-state index contributed by atoms with van der Waals surface area (Å²) in [6.45, 7) is 4.49. The molecule has 4 heteroatoms. The number of benzene rings is 2. The van der Waals surface area contributed by atoms with Crippen LogP contribution in [-0.2, 0) is 0 Å². The fourth-order valence-electron chi connectivity index (χ4n) is 2.24. The van der Waals surface area contributed by atoms with Gasteiger partial charge in [0.25, 0.3) is 0 Å². The van der Waals surface area contributed by atoms with Crippen molar-refractivity contribution in [3.8, 4) is 5.75 Å². The Morgan fingerprint density at radius 2 is 1.90 bits per heavy atom. The Kier molecular flexibility index (Phi) is 5.31. The molecular formula is C17H21FN2O. The van der Waals surface area contributed by atoms with Gasteiger partial charge < -0.3 is 4.74 Å². The molecule has 0 saturated carbocycles. The highest BCUT2D eigenvalue weighted by Gasteiger charge is 2.17. The molecule has 0 amide bonds. The van der Waals surface area contributed by atoms with Gasteiger partial charge in [-0.15, -0.1) is 0 Å². The minimum absolute atomic E-state index is 0.230. The Morgan fingerprint density at radius 1 is 1.19 bits per heavy atom. The first-order valence-electron chi connectivity index (χ1n) is 7.11. The summed E-state index contributed by atoms with van der Waals surface area (Å²) in [5.74, 6) is 6.20. The van der Waals surface area contributed by atoms with Crippen molar-refractivity contribution in [2.75, 3.05) is 6.61 Å². The molecule has 0 heterocycles. The molecule has 0 aliphatic carbocycles. The second-order valence-corrected chi connectivity index (χ2v) is 5.00. The van der Waals surface area contributed by atoms with Gasteiger partial charge in [-0.05, 0) is 36.6 Å². The number of aryl methyl sites for hydroxylation is 1. The molecule has 3 N–H and O–H groups in total. The third-order valence-corrected chi connectivity index (χ3v) is 3.39. The fraction of sp³-hybridized carbons (Fsp3) is 0.294. The van der Waals surface area contributed by atoms with Gasteiger partial charge in [0.15, 0.2) is 0 Å². The van der Waals surface area contributed by atoms with Gasteiger partial charge in [-0.2, -0.15) is 0 Å². The van der Waals surface area contributed by atoms with Crippen LogP contribution in [0.2, 0.25) is 0 Å². The maximum atomic E-state index is 14.2. The van der Waals surface area contributed by atoms with Crippen molar-refractivity contribution < 1.29 is 9.13 Å². The summed E-state index contributed by atoms with van der Waals surface area (Å²) >= 11 is 0. The lowest BCUT2D eigenvalue weighted by Gasteiger charge is -2.19. The topological polar surface area (TPSA) is 47.3 Å². The van der Waals surface area contributed by atoms with Crippen LogP contribution in [0.1, 0.15) is 36.1 Å². The van der Waals surface area contributed by atoms with Gasteiger partial charge in [0.05, 0.1) is 12.6 Å². The monoisotopic (exact) mass is 288 g/mol. The summed E-state index contributed by atoms with van der Waals surface area (Å²) in [5, 5.41) is 0. The Morgan fingerprint density at radius 3 is 2.52 bits per heavy atom. The van der Waals surface area contributed by atoms with E-state index in [0.717, 1.165) is 17.7 Å². The molecule has 21 heavy (non-hydrogen) atoms. The first kappa shape index (κ1) is 15.5. The van der Waals surface area contributed by atoms with Gasteiger partial charge in [-0.3, -0.25) is 5.84 Å². The van der Waals surface area contributed by atoms with E-state index in [0.29, 0.717) is 17.7 Å². The normalized spacial score (nSPS) is 12.2. The van der Waals surface area contributed by atoms with Crippen molar-refractivity contribution >= 4 is 0 Å². The van der Waals surface area contributed by atoms with Crippen LogP contribution in [0.3, 0.4) is 0 Å². The van der Waals surface area contributed by atoms with E-state index in [9.17, 15) is 4.39 Å². The highest BCUT2D eigenvalue weighted by Crippen LogP contribution is 2.26. The van der Waals surface area contributed by atoms with Crippen LogP contribution in [-0.4, -0.2) is 6.61 Å². The van der Waals surface area contributed by atoms with Gasteiger partial charge in [0, 0.05) is 5.56 Å². The molecule has 3 nitrogen and oxygen atoms in total. The molecule has 0 saturated heterocycles. The van der Waals surface area contributed by atoms with E-state index < -0.39 is 0 Å². The smallest absolute Gasteiger partial charge is 0.131 e. The van der Waals surface area contributed by atoms with E-state index in [4.69, 9.17) is 10.6 Å². The Hall–Kier alpha value is -1.91. The van der Waals surface area contributed by atoms with Crippen molar-refractivity contribution in [3.63, 3.8) is 0 Å². The lowest BCUT2D eigenvalue weighted by Crippen LogP contribution is -2.29. The summed E-state index contributed by atoms with van der Waals surface area (Å²) in [6, 6.07) is 12.5. The van der Waals surface area contributed by atoms with Crippen LogP contribution in [0.15, 0.2) is 42.5 Å². The van der Waals surface area contributed by atoms with Crippen molar-refractivity contribution in [1.29, 1.82) is 0 Å². The number of halogens is 1. The Bertz CT molecular complexity index is 584. The summed E-state index contributed by atoms with van der Waals surface area (Å²) in [7, 11) is 0. The van der Waals surface area contributed by atoms with E-state index in [-0.39, 0.29) is 11.9 Å². The number of nitrogens with one attached hydrogen (secondary N) is 1. The van der Waals surface area contributed by atoms with Crippen LogP contribution in [0, 0.1) is 12.7 Å². The molecule has 0 aliphatic heterocycles. The van der Waals surface area contributed by atoms with E-state index in [2.05, 4.69) is 12.3 Å². The van der Waals surface area contributed by atoms with E-state index >= 15 is 0 Å². The molecule has 0 spiro atoms. The third kappa shape index (κ3) is 3.60. The molecule has 2 aromatic rings. The largest absolute Gasteiger partial charge is 0.494 e. The van der Waals surface area contributed by atoms with Crippen LogP contribution < -0.4 is 16.0 Å². The van der Waals surface area contributed by atoms with Crippen molar-refractivity contribution in [2.24, 2.45) is 5.84 Å². The maximum Gasteiger partial charge on any atom is 0.131 e. The van der Waals surface area contributed by atoms with Crippen molar-refractivity contribution in [1.82, 2.24) is 5.43 Å². The van der Waals surface area contributed by atoms with E-state index in [1.807, 2.05) is 30.3 Å². The van der Waals surface area contributed by atoms with E-state index in [1.165, 1.54) is 0 Å². The van der Waals surface area contributed by atoms with Gasteiger partial charge >= 0.3 is 0 Å². The molecule has 112 valence electrons. The molecule has 0 aliphatic rings. The number of hydrogen-bond acceptors (Lipinski definition) is 3. The Balaban J connectivity index is 2.27. The van der Waals surface area contributed by atoms with E-state index in [1.54, 1.807) is 19.1 Å². The average Bonchev–Trinajstić information content (AvgIpc) is 2.51. The van der Waals surface area contributed by atoms with Crippen molar-refractivity contribution in [2.45, 2.75) is 26.3 Å². The molecule has 0 radical (unpaired) electrons. The van der Waals surface area contributed by atoms with Crippen LogP contribution in [0.4, 0.5) is 4.39 Å². The first-order valence-corrected chi connectivity index (χ1v) is 7.11. The predicted molar refractivity (Wildman–Crippen MR) is 82.5 cm³/mol. The second kappa shape index (κ2) is 7.20. The number of hydrogen-bond donors (Lipinski definition) is 2. The fourth-order valence-corrected chi connectivity index (χ4v) is 2.24. The zero-order valence-electron chi connectivity index (χ0n) is 12.4.